The number of nitrogen functional groups attached to an aromatic ring is 1. The molecule has 0 amide bonds. The molecule has 3 nitrogen and oxygen atoms in total. The van der Waals surface area contributed by atoms with E-state index in [1.54, 1.807) is 18.5 Å². The predicted octanol–water partition coefficient (Wildman–Crippen LogP) is 3.73. The van der Waals surface area contributed by atoms with Crippen molar-refractivity contribution in [1.29, 1.82) is 0 Å². The molecule has 2 rings (SSSR count). The Morgan fingerprint density at radius 2 is 1.71 bits per heavy atom. The number of anilines is 1. The molecule has 0 spiro atoms. The minimum Gasteiger partial charge on any atom is -0.456 e. The van der Waals surface area contributed by atoms with E-state index in [4.69, 9.17) is 22.1 Å². The summed E-state index contributed by atoms with van der Waals surface area (Å²) in [6.07, 6.45) is 3.20. The Morgan fingerprint density at radius 3 is 2.29 bits per heavy atom. The van der Waals surface area contributed by atoms with Gasteiger partial charge in [0.05, 0.1) is 18.1 Å². The van der Waals surface area contributed by atoms with Crippen molar-refractivity contribution in [2.45, 2.75) is 13.8 Å². The Kier molecular flexibility index (Phi) is 3.20. The van der Waals surface area contributed by atoms with E-state index in [1.165, 1.54) is 0 Å². The van der Waals surface area contributed by atoms with Gasteiger partial charge in [-0.05, 0) is 37.1 Å². The second-order valence-electron chi connectivity index (χ2n) is 3.93. The van der Waals surface area contributed by atoms with Gasteiger partial charge in [-0.1, -0.05) is 11.6 Å². The fourth-order valence-electron chi connectivity index (χ4n) is 1.59. The maximum Gasteiger partial charge on any atom is 0.147 e. The first-order valence-electron chi connectivity index (χ1n) is 5.21. The lowest BCUT2D eigenvalue weighted by Crippen LogP contribution is -1.91. The summed E-state index contributed by atoms with van der Waals surface area (Å²) in [7, 11) is 0. The Hall–Kier alpha value is -1.74. The van der Waals surface area contributed by atoms with Crippen LogP contribution in [0.15, 0.2) is 30.6 Å². The number of hydrogen-bond acceptors (Lipinski definition) is 3. The summed E-state index contributed by atoms with van der Waals surface area (Å²) in [5.74, 6) is 1.35. The number of benzene rings is 1. The van der Waals surface area contributed by atoms with Crippen molar-refractivity contribution >= 4 is 17.3 Å². The third kappa shape index (κ3) is 2.68. The molecule has 0 bridgehead atoms. The lowest BCUT2D eigenvalue weighted by Gasteiger charge is -2.09. The predicted molar refractivity (Wildman–Crippen MR) is 69.6 cm³/mol. The molecule has 88 valence electrons. The van der Waals surface area contributed by atoms with Crippen molar-refractivity contribution in [2.24, 2.45) is 0 Å². The molecule has 0 radical (unpaired) electrons. The molecule has 0 aliphatic carbocycles. The van der Waals surface area contributed by atoms with Gasteiger partial charge >= 0.3 is 0 Å². The summed E-state index contributed by atoms with van der Waals surface area (Å²) in [4.78, 5) is 3.97. The minimum atomic E-state index is 0.574. The van der Waals surface area contributed by atoms with E-state index in [2.05, 4.69) is 4.98 Å². The number of hydrogen-bond donors (Lipinski definition) is 1. The molecule has 0 unspecified atom stereocenters. The molecule has 1 aromatic carbocycles. The zero-order chi connectivity index (χ0) is 12.4. The van der Waals surface area contributed by atoms with Crippen LogP contribution in [0.2, 0.25) is 5.02 Å². The van der Waals surface area contributed by atoms with Crippen LogP contribution in [-0.4, -0.2) is 4.98 Å². The average Bonchev–Trinajstić information content (AvgIpc) is 2.26. The van der Waals surface area contributed by atoms with E-state index in [0.29, 0.717) is 11.4 Å². The van der Waals surface area contributed by atoms with Gasteiger partial charge in [0.25, 0.3) is 0 Å². The van der Waals surface area contributed by atoms with Crippen molar-refractivity contribution in [1.82, 2.24) is 4.98 Å². The molecule has 0 fully saturated rings. The highest BCUT2D eigenvalue weighted by molar-refractivity contribution is 6.32. The molecule has 0 saturated carbocycles. The topological polar surface area (TPSA) is 48.1 Å². The van der Waals surface area contributed by atoms with Crippen molar-refractivity contribution < 1.29 is 4.74 Å². The zero-order valence-corrected chi connectivity index (χ0v) is 10.5. The Morgan fingerprint density at radius 1 is 1.06 bits per heavy atom. The number of halogens is 1. The highest BCUT2D eigenvalue weighted by Crippen LogP contribution is 2.29. The number of nitrogens with zero attached hydrogens (tertiary/aromatic N) is 1. The van der Waals surface area contributed by atoms with Crippen LogP contribution in [0.25, 0.3) is 0 Å². The van der Waals surface area contributed by atoms with Crippen LogP contribution < -0.4 is 10.5 Å². The Balaban J connectivity index is 2.31. The van der Waals surface area contributed by atoms with Crippen molar-refractivity contribution in [3.8, 4) is 11.5 Å². The summed E-state index contributed by atoms with van der Waals surface area (Å²) >= 11 is 6.09. The van der Waals surface area contributed by atoms with Crippen LogP contribution >= 0.6 is 11.6 Å². The molecule has 2 aromatic rings. The second-order valence-corrected chi connectivity index (χ2v) is 4.31. The molecule has 1 heterocycles. The van der Waals surface area contributed by atoms with Crippen LogP contribution in [0.5, 0.6) is 11.5 Å². The maximum absolute atomic E-state index is 6.09. The summed E-state index contributed by atoms with van der Waals surface area (Å²) in [5, 5.41) is 0.767. The van der Waals surface area contributed by atoms with E-state index >= 15 is 0 Å². The largest absolute Gasteiger partial charge is 0.456 e. The summed E-state index contributed by atoms with van der Waals surface area (Å²) in [5.41, 5.74) is 8.18. The van der Waals surface area contributed by atoms with Gasteiger partial charge in [-0.25, -0.2) is 0 Å². The summed E-state index contributed by atoms with van der Waals surface area (Å²) in [6, 6.07) is 5.50. The lowest BCUT2D eigenvalue weighted by atomic mass is 10.1. The molecular formula is C13H13ClN2O. The smallest absolute Gasteiger partial charge is 0.147 e. The fraction of sp³-hybridized carbons (Fsp3) is 0.154. The SMILES string of the molecule is Cc1cc(Oc2cncc(N)c2)cc(C)c1Cl. The number of rotatable bonds is 2. The normalized spacial score (nSPS) is 10.3. The quantitative estimate of drug-likeness (QED) is 0.881. The van der Waals surface area contributed by atoms with Gasteiger partial charge in [0, 0.05) is 11.1 Å². The van der Waals surface area contributed by atoms with Gasteiger partial charge in [0.15, 0.2) is 0 Å². The van der Waals surface area contributed by atoms with E-state index in [1.807, 2.05) is 26.0 Å². The highest BCUT2D eigenvalue weighted by atomic mass is 35.5. The van der Waals surface area contributed by atoms with Crippen molar-refractivity contribution in [3.05, 3.63) is 46.7 Å². The van der Waals surface area contributed by atoms with Crippen molar-refractivity contribution in [3.63, 3.8) is 0 Å². The second kappa shape index (κ2) is 4.63. The van der Waals surface area contributed by atoms with Crippen LogP contribution in [0.1, 0.15) is 11.1 Å². The van der Waals surface area contributed by atoms with E-state index in [0.717, 1.165) is 21.9 Å². The summed E-state index contributed by atoms with van der Waals surface area (Å²) in [6.45, 7) is 3.89. The first-order valence-corrected chi connectivity index (χ1v) is 5.59. The first-order chi connectivity index (χ1) is 8.06. The molecule has 0 saturated heterocycles. The van der Waals surface area contributed by atoms with Crippen LogP contribution in [-0.2, 0) is 0 Å². The molecule has 4 heteroatoms. The Bertz CT molecular complexity index is 532. The van der Waals surface area contributed by atoms with Gasteiger partial charge in [-0.15, -0.1) is 0 Å². The van der Waals surface area contributed by atoms with Gasteiger partial charge < -0.3 is 10.5 Å². The molecular weight excluding hydrogens is 236 g/mol. The maximum atomic E-state index is 6.09. The van der Waals surface area contributed by atoms with Gasteiger partial charge in [0.2, 0.25) is 0 Å². The zero-order valence-electron chi connectivity index (χ0n) is 9.70. The first kappa shape index (κ1) is 11.7. The van der Waals surface area contributed by atoms with Gasteiger partial charge in [-0.2, -0.15) is 0 Å². The average molecular weight is 249 g/mol. The van der Waals surface area contributed by atoms with E-state index < -0.39 is 0 Å². The molecule has 17 heavy (non-hydrogen) atoms. The number of aromatic nitrogens is 1. The molecule has 1 aromatic heterocycles. The Labute approximate surface area is 105 Å². The minimum absolute atomic E-state index is 0.574. The molecule has 2 N–H and O–H groups in total. The number of nitrogens with two attached hydrogens (primary N) is 1. The van der Waals surface area contributed by atoms with Crippen LogP contribution in [0.3, 0.4) is 0 Å². The fourth-order valence-corrected chi connectivity index (χ4v) is 1.70. The summed E-state index contributed by atoms with van der Waals surface area (Å²) < 4.78 is 5.67. The third-order valence-electron chi connectivity index (χ3n) is 2.38. The lowest BCUT2D eigenvalue weighted by molar-refractivity contribution is 0.480. The molecule has 0 aliphatic heterocycles. The van der Waals surface area contributed by atoms with Gasteiger partial charge in [-0.3, -0.25) is 4.98 Å². The highest BCUT2D eigenvalue weighted by Gasteiger charge is 2.05. The van der Waals surface area contributed by atoms with E-state index in [-0.39, 0.29) is 0 Å². The molecule has 0 aliphatic rings. The number of ether oxygens (including phenoxy) is 1. The standard InChI is InChI=1S/C13H13ClN2O/c1-8-3-11(4-9(2)13(8)14)17-12-5-10(15)6-16-7-12/h3-7H,15H2,1-2H3. The molecule has 0 atom stereocenters. The number of aryl methyl sites for hydroxylation is 2. The number of pyridine rings is 1. The third-order valence-corrected chi connectivity index (χ3v) is 2.98. The van der Waals surface area contributed by atoms with Crippen LogP contribution in [0.4, 0.5) is 5.69 Å². The monoisotopic (exact) mass is 248 g/mol. The van der Waals surface area contributed by atoms with Gasteiger partial charge in [0.1, 0.15) is 11.5 Å². The van der Waals surface area contributed by atoms with Crippen molar-refractivity contribution in [2.75, 3.05) is 5.73 Å². The van der Waals surface area contributed by atoms with E-state index in [9.17, 15) is 0 Å². The van der Waals surface area contributed by atoms with Crippen LogP contribution in [0, 0.1) is 13.8 Å².